The largest absolute Gasteiger partial charge is 0.479 e. The molecule has 1 heterocycles. The number of carbonyl (C=O) groups excluding carboxylic acids is 1. The van der Waals surface area contributed by atoms with Crippen molar-refractivity contribution in [2.75, 3.05) is 6.54 Å². The molecular weight excluding hydrogens is 262 g/mol. The minimum atomic E-state index is -1.43. The molecule has 0 aliphatic rings. The van der Waals surface area contributed by atoms with Crippen LogP contribution in [-0.4, -0.2) is 44.5 Å². The lowest BCUT2D eigenvalue weighted by Gasteiger charge is -2.07. The van der Waals surface area contributed by atoms with Crippen LogP contribution < -0.4 is 5.32 Å². The molecule has 7 heteroatoms. The Balaban J connectivity index is 2.35. The Morgan fingerprint density at radius 2 is 2.05 bits per heavy atom. The van der Waals surface area contributed by atoms with E-state index in [1.807, 2.05) is 20.9 Å². The third-order valence-electron chi connectivity index (χ3n) is 3.29. The topological polar surface area (TPSA) is 104 Å². The molecule has 0 fully saturated rings. The summed E-state index contributed by atoms with van der Waals surface area (Å²) >= 11 is 0. The van der Waals surface area contributed by atoms with Crippen molar-refractivity contribution >= 4 is 11.9 Å². The quantitative estimate of drug-likeness (QED) is 0.649. The summed E-state index contributed by atoms with van der Waals surface area (Å²) < 4.78 is 1.78. The Hall–Kier alpha value is -1.89. The van der Waals surface area contributed by atoms with E-state index in [1.54, 1.807) is 4.68 Å². The Kier molecular flexibility index (Phi) is 5.69. The molecule has 0 spiro atoms. The first-order valence-electron chi connectivity index (χ1n) is 6.49. The van der Waals surface area contributed by atoms with Crippen LogP contribution in [0, 0.1) is 13.8 Å². The molecule has 3 N–H and O–H groups in total. The number of nitrogens with zero attached hydrogens (tertiary/aromatic N) is 2. The first-order valence-corrected chi connectivity index (χ1v) is 6.49. The predicted molar refractivity (Wildman–Crippen MR) is 72.3 cm³/mol. The van der Waals surface area contributed by atoms with Crippen molar-refractivity contribution in [3.63, 3.8) is 0 Å². The number of aliphatic hydroxyl groups is 1. The zero-order chi connectivity index (χ0) is 15.3. The van der Waals surface area contributed by atoms with Gasteiger partial charge in [-0.25, -0.2) is 4.79 Å². The summed E-state index contributed by atoms with van der Waals surface area (Å²) in [5.41, 5.74) is 3.02. The Morgan fingerprint density at radius 1 is 1.40 bits per heavy atom. The van der Waals surface area contributed by atoms with Crippen molar-refractivity contribution in [2.24, 2.45) is 7.05 Å². The van der Waals surface area contributed by atoms with Crippen molar-refractivity contribution in [1.82, 2.24) is 15.1 Å². The highest BCUT2D eigenvalue weighted by atomic mass is 16.4. The minimum absolute atomic E-state index is 0.00597. The van der Waals surface area contributed by atoms with Crippen LogP contribution in [0.15, 0.2) is 0 Å². The van der Waals surface area contributed by atoms with Crippen LogP contribution in [0.2, 0.25) is 0 Å². The van der Waals surface area contributed by atoms with Crippen molar-refractivity contribution < 1.29 is 19.8 Å². The lowest BCUT2D eigenvalue weighted by atomic mass is 10.1. The number of aliphatic hydroxyl groups excluding tert-OH is 1. The van der Waals surface area contributed by atoms with Crippen LogP contribution in [0.4, 0.5) is 0 Å². The van der Waals surface area contributed by atoms with Crippen LogP contribution in [-0.2, 0) is 23.1 Å². The normalized spacial score (nSPS) is 12.2. The fourth-order valence-corrected chi connectivity index (χ4v) is 1.98. The zero-order valence-corrected chi connectivity index (χ0v) is 12.0. The van der Waals surface area contributed by atoms with Gasteiger partial charge in [0.05, 0.1) is 5.69 Å². The SMILES string of the molecule is Cc1nn(C)c(C)c1CCC(=O)NCC[C@H](O)C(=O)O. The summed E-state index contributed by atoms with van der Waals surface area (Å²) in [6, 6.07) is 0. The van der Waals surface area contributed by atoms with Gasteiger partial charge in [-0.3, -0.25) is 9.48 Å². The standard InChI is InChI=1S/C13H21N3O4/c1-8-10(9(2)16(3)15-8)4-5-12(18)14-7-6-11(17)13(19)20/h11,17H,4-7H2,1-3H3,(H,14,18)(H,19,20)/t11-/m0/s1. The number of rotatable bonds is 7. The molecule has 0 saturated carbocycles. The Bertz CT molecular complexity index is 496. The number of nitrogens with one attached hydrogen (secondary N) is 1. The molecule has 0 bridgehead atoms. The second-order valence-electron chi connectivity index (χ2n) is 4.77. The first kappa shape index (κ1) is 16.2. The molecule has 0 radical (unpaired) electrons. The number of aromatic nitrogens is 2. The molecule has 20 heavy (non-hydrogen) atoms. The highest BCUT2D eigenvalue weighted by Crippen LogP contribution is 2.13. The van der Waals surface area contributed by atoms with Gasteiger partial charge >= 0.3 is 5.97 Å². The van der Waals surface area contributed by atoms with E-state index in [0.717, 1.165) is 17.0 Å². The molecule has 1 rings (SSSR count). The van der Waals surface area contributed by atoms with Crippen LogP contribution in [0.25, 0.3) is 0 Å². The van der Waals surface area contributed by atoms with Crippen molar-refractivity contribution in [3.05, 3.63) is 17.0 Å². The number of carboxylic acid groups (broad SMARTS) is 1. The fraction of sp³-hybridized carbons (Fsp3) is 0.615. The van der Waals surface area contributed by atoms with Gasteiger partial charge in [0.15, 0.2) is 6.10 Å². The number of aliphatic carboxylic acids is 1. The van der Waals surface area contributed by atoms with Crippen molar-refractivity contribution in [2.45, 2.75) is 39.2 Å². The zero-order valence-electron chi connectivity index (χ0n) is 12.0. The van der Waals surface area contributed by atoms with Gasteiger partial charge in [-0.1, -0.05) is 0 Å². The van der Waals surface area contributed by atoms with E-state index in [4.69, 9.17) is 10.2 Å². The average Bonchev–Trinajstić information content (AvgIpc) is 2.61. The van der Waals surface area contributed by atoms with Gasteiger partial charge in [-0.2, -0.15) is 5.10 Å². The molecule has 1 atom stereocenters. The van der Waals surface area contributed by atoms with E-state index < -0.39 is 12.1 Å². The second-order valence-corrected chi connectivity index (χ2v) is 4.77. The molecule has 7 nitrogen and oxygen atoms in total. The molecule has 0 aromatic carbocycles. The van der Waals surface area contributed by atoms with E-state index in [9.17, 15) is 9.59 Å². The van der Waals surface area contributed by atoms with E-state index in [-0.39, 0.29) is 18.9 Å². The number of aryl methyl sites for hydroxylation is 2. The molecular formula is C13H21N3O4. The molecule has 112 valence electrons. The molecule has 1 amide bonds. The van der Waals surface area contributed by atoms with Crippen LogP contribution >= 0.6 is 0 Å². The fourth-order valence-electron chi connectivity index (χ4n) is 1.98. The summed E-state index contributed by atoms with van der Waals surface area (Å²) in [5, 5.41) is 24.4. The van der Waals surface area contributed by atoms with Gasteiger partial charge in [-0.15, -0.1) is 0 Å². The molecule has 0 unspecified atom stereocenters. The number of carbonyl (C=O) groups is 2. The van der Waals surface area contributed by atoms with Gasteiger partial charge in [0.2, 0.25) is 5.91 Å². The lowest BCUT2D eigenvalue weighted by Crippen LogP contribution is -2.30. The lowest BCUT2D eigenvalue weighted by molar-refractivity contribution is -0.147. The summed E-state index contributed by atoms with van der Waals surface area (Å²) in [4.78, 5) is 22.0. The molecule has 0 aliphatic heterocycles. The van der Waals surface area contributed by atoms with E-state index >= 15 is 0 Å². The maximum Gasteiger partial charge on any atom is 0.332 e. The molecule has 1 aromatic heterocycles. The first-order chi connectivity index (χ1) is 9.32. The summed E-state index contributed by atoms with van der Waals surface area (Å²) in [5.74, 6) is -1.44. The van der Waals surface area contributed by atoms with Gasteiger partial charge in [0.25, 0.3) is 0 Å². The number of hydrogen-bond donors (Lipinski definition) is 3. The summed E-state index contributed by atoms with van der Waals surface area (Å²) in [6.45, 7) is 4.01. The highest BCUT2D eigenvalue weighted by molar-refractivity contribution is 5.76. The second kappa shape index (κ2) is 7.04. The van der Waals surface area contributed by atoms with E-state index in [1.165, 1.54) is 0 Å². The molecule has 0 aliphatic carbocycles. The molecule has 1 aromatic rings. The van der Waals surface area contributed by atoms with Gasteiger partial charge in [-0.05, 0) is 25.8 Å². The van der Waals surface area contributed by atoms with Crippen LogP contribution in [0.1, 0.15) is 29.8 Å². The average molecular weight is 283 g/mol. The smallest absolute Gasteiger partial charge is 0.332 e. The Morgan fingerprint density at radius 3 is 2.55 bits per heavy atom. The van der Waals surface area contributed by atoms with Crippen molar-refractivity contribution in [1.29, 1.82) is 0 Å². The van der Waals surface area contributed by atoms with Gasteiger partial charge in [0, 0.05) is 32.1 Å². The van der Waals surface area contributed by atoms with Crippen molar-refractivity contribution in [3.8, 4) is 0 Å². The Labute approximate surface area is 117 Å². The number of hydrogen-bond acceptors (Lipinski definition) is 4. The van der Waals surface area contributed by atoms with Gasteiger partial charge in [0.1, 0.15) is 0 Å². The van der Waals surface area contributed by atoms with Crippen LogP contribution in [0.5, 0.6) is 0 Å². The maximum atomic E-state index is 11.6. The molecule has 0 saturated heterocycles. The monoisotopic (exact) mass is 283 g/mol. The predicted octanol–water partition coefficient (Wildman–Crippen LogP) is -0.0787. The van der Waals surface area contributed by atoms with Crippen LogP contribution in [0.3, 0.4) is 0 Å². The highest BCUT2D eigenvalue weighted by Gasteiger charge is 2.14. The van der Waals surface area contributed by atoms with E-state index in [2.05, 4.69) is 10.4 Å². The summed E-state index contributed by atoms with van der Waals surface area (Å²) in [7, 11) is 1.86. The number of carboxylic acids is 1. The van der Waals surface area contributed by atoms with E-state index in [0.29, 0.717) is 12.8 Å². The maximum absolute atomic E-state index is 11.6. The minimum Gasteiger partial charge on any atom is -0.479 e. The third kappa shape index (κ3) is 4.34. The van der Waals surface area contributed by atoms with Gasteiger partial charge < -0.3 is 15.5 Å². The number of amides is 1. The third-order valence-corrected chi connectivity index (χ3v) is 3.29. The summed E-state index contributed by atoms with van der Waals surface area (Å²) in [6.07, 6.45) is -0.514.